The molecule has 11 heteroatoms. The predicted octanol–water partition coefficient (Wildman–Crippen LogP) is 6.05. The smallest absolute Gasteiger partial charge is 0.279 e. The number of pyridine rings is 1. The van der Waals surface area contributed by atoms with Crippen LogP contribution in [0.1, 0.15) is 81.5 Å². The van der Waals surface area contributed by atoms with Crippen molar-refractivity contribution in [2.45, 2.75) is 83.0 Å². The van der Waals surface area contributed by atoms with Crippen LogP contribution < -0.4 is 20.5 Å². The van der Waals surface area contributed by atoms with Crippen molar-refractivity contribution in [1.29, 1.82) is 0 Å². The Bertz CT molecular complexity index is 1380. The van der Waals surface area contributed by atoms with Gasteiger partial charge in [-0.1, -0.05) is 41.5 Å². The molecule has 3 N–H and O–H groups in total. The molecule has 2 amide bonds. The number of likely N-dealkylation sites (tertiary alicyclic amines) is 1. The zero-order valence-electron chi connectivity index (χ0n) is 27.1. The minimum atomic E-state index is -2.10. The van der Waals surface area contributed by atoms with Crippen molar-refractivity contribution in [3.8, 4) is 17.2 Å². The molecule has 0 atom stereocenters. The zero-order valence-corrected chi connectivity index (χ0v) is 28.1. The molecule has 1 aliphatic heterocycles. The van der Waals surface area contributed by atoms with Crippen molar-refractivity contribution in [3.63, 3.8) is 0 Å². The fraction of sp³-hybridized carbons (Fsp3) is 0.515. The lowest BCUT2D eigenvalue weighted by atomic mass is 10.1. The lowest BCUT2D eigenvalue weighted by molar-refractivity contribution is 0.0651. The Morgan fingerprint density at radius 1 is 1.00 bits per heavy atom. The number of ether oxygens (including phenoxy) is 2. The molecule has 2 fully saturated rings. The van der Waals surface area contributed by atoms with Gasteiger partial charge < -0.3 is 29.9 Å². The van der Waals surface area contributed by atoms with Gasteiger partial charge in [-0.3, -0.25) is 14.6 Å². The number of hydrogen-bond acceptors (Lipinski definition) is 7. The van der Waals surface area contributed by atoms with E-state index in [0.29, 0.717) is 46.0 Å². The number of carbonyl (C=O) groups excluding carboxylic acids is 2. The normalized spacial score (nSPS) is 16.4. The van der Waals surface area contributed by atoms with Crippen molar-refractivity contribution >= 4 is 26.0 Å². The van der Waals surface area contributed by atoms with E-state index >= 15 is 0 Å². The first-order chi connectivity index (χ1) is 20.9. The monoisotopic (exact) mass is 621 g/mol. The highest BCUT2D eigenvalue weighted by atomic mass is 28.4. The van der Waals surface area contributed by atoms with E-state index in [0.717, 1.165) is 32.4 Å². The molecule has 44 heavy (non-hydrogen) atoms. The molecule has 0 bridgehead atoms. The number of nitrogens with one attached hydrogen (secondary N) is 1. The number of benzene rings is 1. The third-order valence-electron chi connectivity index (χ3n) is 8.55. The molecule has 0 radical (unpaired) electrons. The number of nitrogens with two attached hydrogens (primary N) is 1. The van der Waals surface area contributed by atoms with Crippen LogP contribution in [-0.4, -0.2) is 68.2 Å². The van der Waals surface area contributed by atoms with Crippen LogP contribution in [0.25, 0.3) is 0 Å². The third-order valence-corrected chi connectivity index (χ3v) is 14.6. The van der Waals surface area contributed by atoms with Crippen LogP contribution in [0, 0.1) is 0 Å². The fourth-order valence-electron chi connectivity index (χ4n) is 6.05. The van der Waals surface area contributed by atoms with Gasteiger partial charge in [-0.2, -0.15) is 4.99 Å². The van der Waals surface area contributed by atoms with E-state index in [4.69, 9.17) is 19.6 Å². The van der Waals surface area contributed by atoms with Crippen LogP contribution >= 0.6 is 0 Å². The Kier molecular flexibility index (Phi) is 10.5. The van der Waals surface area contributed by atoms with Gasteiger partial charge in [-0.15, -0.1) is 0 Å². The first kappa shape index (κ1) is 33.2. The molecule has 10 nitrogen and oxygen atoms in total. The summed E-state index contributed by atoms with van der Waals surface area (Å²) in [6.07, 6.45) is 8.86. The van der Waals surface area contributed by atoms with E-state index in [1.165, 1.54) is 18.5 Å². The highest BCUT2D eigenvalue weighted by Gasteiger charge is 2.51. The van der Waals surface area contributed by atoms with Gasteiger partial charge in [0.25, 0.3) is 11.8 Å². The Morgan fingerprint density at radius 3 is 2.20 bits per heavy atom. The number of rotatable bonds is 14. The molecule has 1 aromatic heterocycles. The van der Waals surface area contributed by atoms with Crippen molar-refractivity contribution in [3.05, 3.63) is 60.1 Å². The summed E-state index contributed by atoms with van der Waals surface area (Å²) in [6.45, 7) is 15.6. The second-order valence-corrected chi connectivity index (χ2v) is 18.2. The summed E-state index contributed by atoms with van der Waals surface area (Å²) in [5.41, 5.74) is 7.53. The van der Waals surface area contributed by atoms with Crippen LogP contribution in [0.4, 0.5) is 0 Å². The second-order valence-electron chi connectivity index (χ2n) is 12.7. The molecule has 1 saturated heterocycles. The topological polar surface area (TPSA) is 128 Å². The number of carbonyl (C=O) groups is 2. The van der Waals surface area contributed by atoms with Gasteiger partial charge in [0.15, 0.2) is 0 Å². The van der Waals surface area contributed by atoms with Crippen LogP contribution in [0.15, 0.2) is 53.9 Å². The summed E-state index contributed by atoms with van der Waals surface area (Å²) < 4.78 is 19.6. The minimum Gasteiger partial charge on any atom is -0.485 e. The number of aliphatic imine (C=N–C) groups is 1. The maximum atomic E-state index is 13.2. The van der Waals surface area contributed by atoms with Gasteiger partial charge in [0, 0.05) is 38.0 Å². The maximum absolute atomic E-state index is 13.2. The van der Waals surface area contributed by atoms with Gasteiger partial charge in [-0.25, -0.2) is 0 Å². The van der Waals surface area contributed by atoms with E-state index in [1.54, 1.807) is 42.4 Å². The quantitative estimate of drug-likeness (QED) is 0.148. The van der Waals surface area contributed by atoms with Gasteiger partial charge >= 0.3 is 0 Å². The summed E-state index contributed by atoms with van der Waals surface area (Å²) in [5, 5.41) is 2.82. The second kappa shape index (κ2) is 13.9. The Labute approximate surface area is 262 Å². The highest BCUT2D eigenvalue weighted by Crippen LogP contribution is 2.47. The molecule has 1 saturated carbocycles. The van der Waals surface area contributed by atoms with Crippen molar-refractivity contribution in [2.24, 2.45) is 10.7 Å². The van der Waals surface area contributed by atoms with Gasteiger partial charge in [0.2, 0.25) is 8.32 Å². The lowest BCUT2D eigenvalue weighted by Crippen LogP contribution is -2.50. The number of hydrogen-bond donors (Lipinski definition) is 2. The largest absolute Gasteiger partial charge is 0.485 e. The van der Waals surface area contributed by atoms with Crippen LogP contribution in [0.5, 0.6) is 17.2 Å². The fourth-order valence-corrected chi connectivity index (χ4v) is 11.6. The summed E-state index contributed by atoms with van der Waals surface area (Å²) >= 11 is 0. The zero-order chi connectivity index (χ0) is 32.1. The molecular weight excluding hydrogens is 574 g/mol. The molecule has 238 valence electrons. The van der Waals surface area contributed by atoms with Gasteiger partial charge in [0.1, 0.15) is 28.7 Å². The first-order valence-electron chi connectivity index (χ1n) is 15.5. The van der Waals surface area contributed by atoms with Gasteiger partial charge in [0.05, 0.1) is 18.4 Å². The number of amidine groups is 1. The highest BCUT2D eigenvalue weighted by molar-refractivity contribution is 6.77. The van der Waals surface area contributed by atoms with Crippen LogP contribution in [0.3, 0.4) is 0 Å². The van der Waals surface area contributed by atoms with Crippen molar-refractivity contribution in [1.82, 2.24) is 15.2 Å². The lowest BCUT2D eigenvalue weighted by Gasteiger charge is -2.43. The first-order valence-corrected chi connectivity index (χ1v) is 17.7. The van der Waals surface area contributed by atoms with Crippen LogP contribution in [-0.2, 0) is 4.43 Å². The Morgan fingerprint density at radius 2 is 1.64 bits per heavy atom. The molecule has 0 unspecified atom stereocenters. The molecule has 2 aliphatic rings. The molecule has 1 aromatic carbocycles. The Hall–Kier alpha value is -3.70. The van der Waals surface area contributed by atoms with E-state index in [9.17, 15) is 9.59 Å². The average molecular weight is 622 g/mol. The number of aromatic nitrogens is 1. The molecular formula is C33H47N5O5Si. The number of nitrogens with zero attached hydrogens (tertiary/aromatic N) is 3. The van der Waals surface area contributed by atoms with E-state index < -0.39 is 19.8 Å². The SMILES string of the molecule is CN/C=C\C(N)=NC(=O)c1cc(Oc2cncc(C(=O)N3CCC3)c2)cc(OC2(CO[Si](C(C)C)(C(C)C)C(C)C)CC2)c1. The van der Waals surface area contributed by atoms with Crippen molar-refractivity contribution < 1.29 is 23.5 Å². The summed E-state index contributed by atoms with van der Waals surface area (Å²) in [7, 11) is -0.370. The standard InChI is InChI=1S/C33H47N5O5Si/c1-22(2)44(23(3)4,24(5)6)41-21-33(10-11-33)43-28-16-25(31(39)37-30(34)9-12-35-7)15-27(18-28)42-29-17-26(19-36-20-29)32(40)38-13-8-14-38/h9,12,15-20,22-24,35H,8,10-11,13-14,21H2,1-7H3,(H2,34,37,39)/b12-9-. The summed E-state index contributed by atoms with van der Waals surface area (Å²) in [6, 6.07) is 6.65. The Balaban J connectivity index is 1.62. The minimum absolute atomic E-state index is 0.0592. The molecule has 0 spiro atoms. The number of amides is 2. The summed E-state index contributed by atoms with van der Waals surface area (Å²) in [4.78, 5) is 35.9. The third kappa shape index (κ3) is 7.68. The molecule has 4 rings (SSSR count). The van der Waals surface area contributed by atoms with E-state index in [2.05, 4.69) is 56.8 Å². The predicted molar refractivity (Wildman–Crippen MR) is 175 cm³/mol. The van der Waals surface area contributed by atoms with Crippen molar-refractivity contribution in [2.75, 3.05) is 26.7 Å². The molecule has 2 aromatic rings. The molecule has 1 aliphatic carbocycles. The molecule has 2 heterocycles. The van der Waals surface area contributed by atoms with E-state index in [-0.39, 0.29) is 17.3 Å². The summed E-state index contributed by atoms with van der Waals surface area (Å²) in [5.74, 6) is 0.638. The van der Waals surface area contributed by atoms with Gasteiger partial charge in [-0.05, 0) is 66.4 Å². The maximum Gasteiger partial charge on any atom is 0.279 e. The van der Waals surface area contributed by atoms with Crippen LogP contribution in [0.2, 0.25) is 16.6 Å². The average Bonchev–Trinajstić information content (AvgIpc) is 3.69. The van der Waals surface area contributed by atoms with E-state index in [1.807, 2.05) is 0 Å².